The van der Waals surface area contributed by atoms with Crippen molar-refractivity contribution in [2.24, 2.45) is 0 Å². The highest BCUT2D eigenvalue weighted by Gasteiger charge is 2.26. The lowest BCUT2D eigenvalue weighted by molar-refractivity contribution is -0.142. The van der Waals surface area contributed by atoms with Gasteiger partial charge in [0, 0.05) is 19.8 Å². The zero-order valence-electron chi connectivity index (χ0n) is 18.2. The first kappa shape index (κ1) is 24.1. The van der Waals surface area contributed by atoms with Gasteiger partial charge >= 0.3 is 5.97 Å². The number of carbonyl (C=O) groups excluding carboxylic acids is 2. The predicted octanol–water partition coefficient (Wildman–Crippen LogP) is 2.98. The van der Waals surface area contributed by atoms with Gasteiger partial charge in [0.2, 0.25) is 11.8 Å². The number of rotatable bonds is 8. The molecule has 0 aliphatic heterocycles. The van der Waals surface area contributed by atoms with Gasteiger partial charge in [-0.3, -0.25) is 9.59 Å². The van der Waals surface area contributed by atoms with Crippen LogP contribution in [0.5, 0.6) is 0 Å². The Balaban J connectivity index is 2.12. The molecule has 0 fully saturated rings. The molecule has 0 heterocycles. The quantitative estimate of drug-likeness (QED) is 0.602. The molecule has 0 bridgehead atoms. The molecule has 3 N–H and O–H groups in total. The molecular weight excluding hydrogens is 399 g/mol. The molecule has 2 amide bonds. The van der Waals surface area contributed by atoms with Crippen LogP contribution in [-0.4, -0.2) is 35.0 Å². The number of halogens is 1. The average molecular weight is 429 g/mol. The summed E-state index contributed by atoms with van der Waals surface area (Å²) in [6, 6.07) is 11.0. The van der Waals surface area contributed by atoms with Crippen molar-refractivity contribution < 1.29 is 23.9 Å². The Labute approximate surface area is 181 Å². The highest BCUT2D eigenvalue weighted by Crippen LogP contribution is 2.22. The fourth-order valence-electron chi connectivity index (χ4n) is 3.16. The number of aliphatic carboxylic acids is 1. The summed E-state index contributed by atoms with van der Waals surface area (Å²) in [6.07, 6.45) is 0.215. The van der Waals surface area contributed by atoms with Gasteiger partial charge in [0.1, 0.15) is 17.9 Å². The summed E-state index contributed by atoms with van der Waals surface area (Å²) in [5.74, 6) is -2.62. The number of amides is 2. The van der Waals surface area contributed by atoms with Crippen LogP contribution in [0.4, 0.5) is 4.39 Å². The molecule has 0 aliphatic rings. The van der Waals surface area contributed by atoms with Crippen molar-refractivity contribution in [2.45, 2.75) is 58.0 Å². The Morgan fingerprint density at radius 3 is 1.81 bits per heavy atom. The minimum atomic E-state index is -1.17. The molecule has 0 unspecified atom stereocenters. The largest absolute Gasteiger partial charge is 0.480 e. The summed E-state index contributed by atoms with van der Waals surface area (Å²) in [4.78, 5) is 36.1. The second-order valence-electron chi connectivity index (χ2n) is 8.63. The molecule has 0 spiro atoms. The summed E-state index contributed by atoms with van der Waals surface area (Å²) in [7, 11) is 0. The third-order valence-electron chi connectivity index (χ3n) is 4.92. The number of benzene rings is 2. The average Bonchev–Trinajstić information content (AvgIpc) is 2.68. The molecule has 31 heavy (non-hydrogen) atoms. The minimum absolute atomic E-state index is 0.0229. The summed E-state index contributed by atoms with van der Waals surface area (Å²) in [5, 5.41) is 14.7. The second kappa shape index (κ2) is 10.2. The van der Waals surface area contributed by atoms with E-state index in [1.807, 2.05) is 24.3 Å². The molecular formula is C24H29FN2O4. The Morgan fingerprint density at radius 1 is 0.871 bits per heavy atom. The first-order chi connectivity index (χ1) is 14.5. The van der Waals surface area contributed by atoms with Crippen LogP contribution < -0.4 is 10.6 Å². The second-order valence-corrected chi connectivity index (χ2v) is 8.63. The van der Waals surface area contributed by atoms with Gasteiger partial charge in [-0.2, -0.15) is 0 Å². The summed E-state index contributed by atoms with van der Waals surface area (Å²) < 4.78 is 13.1. The van der Waals surface area contributed by atoms with E-state index in [9.17, 15) is 23.9 Å². The maximum Gasteiger partial charge on any atom is 0.326 e. The Bertz CT molecular complexity index is 918. The van der Waals surface area contributed by atoms with Gasteiger partial charge < -0.3 is 15.7 Å². The van der Waals surface area contributed by atoms with E-state index in [4.69, 9.17) is 0 Å². The molecule has 0 aromatic heterocycles. The number of hydrogen-bond acceptors (Lipinski definition) is 3. The lowest BCUT2D eigenvalue weighted by Crippen LogP contribution is -2.52. The molecule has 0 aliphatic carbocycles. The molecule has 7 heteroatoms. The van der Waals surface area contributed by atoms with Crippen molar-refractivity contribution in [1.29, 1.82) is 0 Å². The van der Waals surface area contributed by atoms with Gasteiger partial charge in [-0.25, -0.2) is 9.18 Å². The maximum absolute atomic E-state index is 13.1. The molecule has 2 atom stereocenters. The van der Waals surface area contributed by atoms with E-state index < -0.39 is 35.7 Å². The molecule has 166 valence electrons. The smallest absolute Gasteiger partial charge is 0.326 e. The van der Waals surface area contributed by atoms with Crippen LogP contribution in [0.3, 0.4) is 0 Å². The van der Waals surface area contributed by atoms with Gasteiger partial charge in [0.25, 0.3) is 0 Å². The van der Waals surface area contributed by atoms with Gasteiger partial charge in [0.05, 0.1) is 0 Å². The maximum atomic E-state index is 13.1. The number of carbonyl (C=O) groups is 3. The zero-order chi connectivity index (χ0) is 23.2. The van der Waals surface area contributed by atoms with Gasteiger partial charge in [0.15, 0.2) is 0 Å². The van der Waals surface area contributed by atoms with Crippen LogP contribution in [0.1, 0.15) is 44.4 Å². The van der Waals surface area contributed by atoms with Crippen LogP contribution in [0, 0.1) is 5.82 Å². The van der Waals surface area contributed by atoms with Gasteiger partial charge in [-0.05, 0) is 34.2 Å². The van der Waals surface area contributed by atoms with Crippen molar-refractivity contribution in [3.8, 4) is 0 Å². The van der Waals surface area contributed by atoms with Crippen molar-refractivity contribution in [2.75, 3.05) is 0 Å². The van der Waals surface area contributed by atoms with E-state index in [1.165, 1.54) is 31.2 Å². The fraction of sp³-hybridized carbons (Fsp3) is 0.375. The van der Waals surface area contributed by atoms with Crippen molar-refractivity contribution >= 4 is 17.8 Å². The standard InChI is InChI=1S/C24H29FN2O4/c1-15(28)26-20(13-17-7-11-19(25)12-8-17)22(29)27-21(23(30)31)14-16-5-9-18(10-6-16)24(2,3)4/h5-12,20-21H,13-14H2,1-4H3,(H,26,28)(H,27,29)(H,30,31)/t20-,21-/m1/s1. The molecule has 6 nitrogen and oxygen atoms in total. The number of carboxylic acid groups (broad SMARTS) is 1. The first-order valence-corrected chi connectivity index (χ1v) is 10.1. The predicted molar refractivity (Wildman–Crippen MR) is 116 cm³/mol. The van der Waals surface area contributed by atoms with E-state index in [1.54, 1.807) is 0 Å². The highest BCUT2D eigenvalue weighted by molar-refractivity contribution is 5.90. The van der Waals surface area contributed by atoms with E-state index in [2.05, 4.69) is 31.4 Å². The van der Waals surface area contributed by atoms with Crippen LogP contribution in [0.2, 0.25) is 0 Å². The number of hydrogen-bond donors (Lipinski definition) is 3. The lowest BCUT2D eigenvalue weighted by atomic mass is 9.86. The molecule has 2 rings (SSSR count). The van der Waals surface area contributed by atoms with Gasteiger partial charge in [-0.15, -0.1) is 0 Å². The minimum Gasteiger partial charge on any atom is -0.480 e. The highest BCUT2D eigenvalue weighted by atomic mass is 19.1. The molecule has 2 aromatic rings. The van der Waals surface area contributed by atoms with E-state index in [-0.39, 0.29) is 18.3 Å². The SMILES string of the molecule is CC(=O)N[C@H](Cc1ccc(F)cc1)C(=O)N[C@H](Cc1ccc(C(C)(C)C)cc1)C(=O)O. The van der Waals surface area contributed by atoms with Crippen molar-refractivity contribution in [3.63, 3.8) is 0 Å². The lowest BCUT2D eigenvalue weighted by Gasteiger charge is -2.22. The first-order valence-electron chi connectivity index (χ1n) is 10.1. The van der Waals surface area contributed by atoms with Crippen LogP contribution in [0.25, 0.3) is 0 Å². The molecule has 0 radical (unpaired) electrons. The third-order valence-corrected chi connectivity index (χ3v) is 4.92. The van der Waals surface area contributed by atoms with Crippen molar-refractivity contribution in [1.82, 2.24) is 10.6 Å². The monoisotopic (exact) mass is 428 g/mol. The topological polar surface area (TPSA) is 95.5 Å². The Morgan fingerprint density at radius 2 is 1.35 bits per heavy atom. The Hall–Kier alpha value is -3.22. The summed E-state index contributed by atoms with van der Waals surface area (Å²) in [6.45, 7) is 7.54. The van der Waals surface area contributed by atoms with Crippen LogP contribution in [-0.2, 0) is 32.6 Å². The zero-order valence-corrected chi connectivity index (χ0v) is 18.2. The van der Waals surface area contributed by atoms with E-state index in [0.717, 1.165) is 11.1 Å². The normalized spacial score (nSPS) is 13.2. The fourth-order valence-corrected chi connectivity index (χ4v) is 3.16. The molecule has 2 aromatic carbocycles. The molecule has 0 saturated heterocycles. The molecule has 0 saturated carbocycles. The third kappa shape index (κ3) is 7.51. The van der Waals surface area contributed by atoms with E-state index >= 15 is 0 Å². The summed E-state index contributed by atoms with van der Waals surface area (Å²) in [5.41, 5.74) is 2.51. The van der Waals surface area contributed by atoms with Crippen LogP contribution in [0.15, 0.2) is 48.5 Å². The van der Waals surface area contributed by atoms with Gasteiger partial charge in [-0.1, -0.05) is 57.2 Å². The Kier molecular flexibility index (Phi) is 7.91. The number of carboxylic acids is 1. The van der Waals surface area contributed by atoms with E-state index in [0.29, 0.717) is 5.56 Å². The van der Waals surface area contributed by atoms with Crippen molar-refractivity contribution in [3.05, 3.63) is 71.0 Å². The number of nitrogens with one attached hydrogen (secondary N) is 2. The summed E-state index contributed by atoms with van der Waals surface area (Å²) >= 11 is 0. The van der Waals surface area contributed by atoms with Crippen LogP contribution >= 0.6 is 0 Å².